The molecule has 1 aromatic carbocycles. The normalized spacial score (nSPS) is 15.7. The van der Waals surface area contributed by atoms with E-state index >= 15 is 0 Å². The molecule has 0 amide bonds. The van der Waals surface area contributed by atoms with Crippen molar-refractivity contribution in [2.75, 3.05) is 5.32 Å². The number of aryl methyl sites for hydroxylation is 1. The summed E-state index contributed by atoms with van der Waals surface area (Å²) < 4.78 is 9.17. The number of nitrogens with zero attached hydrogens (tertiary/aromatic N) is 4. The number of nitrogens with one attached hydrogen (secondary N) is 1. The maximum absolute atomic E-state index is 6.16. The number of benzene rings is 1. The lowest BCUT2D eigenvalue weighted by Crippen LogP contribution is -2.27. The molecule has 1 aliphatic carbocycles. The van der Waals surface area contributed by atoms with Crippen LogP contribution in [0, 0.1) is 5.92 Å². The average Bonchev–Trinajstić information content (AvgIpc) is 3.46. The van der Waals surface area contributed by atoms with Gasteiger partial charge in [-0.15, -0.1) is 0 Å². The number of aromatic nitrogens is 4. The highest BCUT2D eigenvalue weighted by molar-refractivity contribution is 7.22. The van der Waals surface area contributed by atoms with Crippen molar-refractivity contribution in [3.63, 3.8) is 0 Å². The first-order valence-corrected chi connectivity index (χ1v) is 12.3. The molecule has 1 fully saturated rings. The van der Waals surface area contributed by atoms with Crippen LogP contribution in [0.4, 0.5) is 5.13 Å². The smallest absolute Gasteiger partial charge is 0.184 e. The van der Waals surface area contributed by atoms with Crippen molar-refractivity contribution in [3.8, 4) is 22.8 Å². The standard InChI is InChI=1S/C25H29N5OS/c1-3-30-16-19(15-27-30)23-13-21(11-12-26-23)31-20-9-10-22-24(14-20)32-25(29-22)28-17(2)18-7-5-4-6-8-18/h9-18H,3-8H2,1-2H3,(H,28,29). The van der Waals surface area contributed by atoms with Crippen LogP contribution in [0.2, 0.25) is 0 Å². The van der Waals surface area contributed by atoms with Crippen molar-refractivity contribution < 1.29 is 4.74 Å². The lowest BCUT2D eigenvalue weighted by molar-refractivity contribution is 0.328. The van der Waals surface area contributed by atoms with Gasteiger partial charge in [0.15, 0.2) is 5.13 Å². The van der Waals surface area contributed by atoms with Crippen molar-refractivity contribution >= 4 is 26.7 Å². The highest BCUT2D eigenvalue weighted by atomic mass is 32.1. The molecule has 1 saturated carbocycles. The van der Waals surface area contributed by atoms with Gasteiger partial charge in [-0.05, 0) is 50.8 Å². The quantitative estimate of drug-likeness (QED) is 0.339. The molecule has 1 atom stereocenters. The van der Waals surface area contributed by atoms with Gasteiger partial charge in [-0.1, -0.05) is 30.6 Å². The highest BCUT2D eigenvalue weighted by Gasteiger charge is 2.21. The van der Waals surface area contributed by atoms with Gasteiger partial charge in [0.25, 0.3) is 0 Å². The zero-order valence-corrected chi connectivity index (χ0v) is 19.4. The van der Waals surface area contributed by atoms with Crippen molar-refractivity contribution in [3.05, 3.63) is 48.9 Å². The van der Waals surface area contributed by atoms with Gasteiger partial charge >= 0.3 is 0 Å². The number of anilines is 1. The fourth-order valence-corrected chi connectivity index (χ4v) is 5.40. The minimum Gasteiger partial charge on any atom is -0.457 e. The first-order chi connectivity index (χ1) is 15.7. The molecule has 6 nitrogen and oxygen atoms in total. The summed E-state index contributed by atoms with van der Waals surface area (Å²) in [5.74, 6) is 2.31. The van der Waals surface area contributed by atoms with E-state index in [1.165, 1.54) is 32.1 Å². The molecule has 166 valence electrons. The number of pyridine rings is 1. The lowest BCUT2D eigenvalue weighted by atomic mass is 9.85. The molecule has 32 heavy (non-hydrogen) atoms. The maximum Gasteiger partial charge on any atom is 0.184 e. The van der Waals surface area contributed by atoms with Crippen molar-refractivity contribution in [2.24, 2.45) is 5.92 Å². The van der Waals surface area contributed by atoms with E-state index < -0.39 is 0 Å². The number of hydrogen-bond donors (Lipinski definition) is 1. The summed E-state index contributed by atoms with van der Waals surface area (Å²) >= 11 is 1.69. The molecular formula is C25H29N5OS. The molecule has 3 aromatic heterocycles. The summed E-state index contributed by atoms with van der Waals surface area (Å²) in [6, 6.07) is 10.4. The predicted octanol–water partition coefficient (Wildman–Crippen LogP) is 6.75. The number of hydrogen-bond acceptors (Lipinski definition) is 6. The van der Waals surface area contributed by atoms with Crippen LogP contribution in [0.25, 0.3) is 21.5 Å². The first-order valence-electron chi connectivity index (χ1n) is 11.5. The second-order valence-electron chi connectivity index (χ2n) is 8.54. The molecule has 3 heterocycles. The van der Waals surface area contributed by atoms with E-state index in [0.717, 1.165) is 50.6 Å². The average molecular weight is 448 g/mol. The van der Waals surface area contributed by atoms with E-state index in [0.29, 0.717) is 6.04 Å². The first kappa shape index (κ1) is 20.9. The van der Waals surface area contributed by atoms with E-state index in [1.54, 1.807) is 17.5 Å². The van der Waals surface area contributed by atoms with E-state index in [-0.39, 0.29) is 0 Å². The lowest BCUT2D eigenvalue weighted by Gasteiger charge is -2.28. The Balaban J connectivity index is 1.30. The zero-order valence-electron chi connectivity index (χ0n) is 18.6. The molecule has 7 heteroatoms. The molecular weight excluding hydrogens is 418 g/mol. The van der Waals surface area contributed by atoms with Gasteiger partial charge in [-0.3, -0.25) is 9.67 Å². The molecule has 0 spiro atoms. The van der Waals surface area contributed by atoms with Crippen molar-refractivity contribution in [1.82, 2.24) is 19.7 Å². The summed E-state index contributed by atoms with van der Waals surface area (Å²) in [7, 11) is 0. The Labute approximate surface area is 192 Å². The predicted molar refractivity (Wildman–Crippen MR) is 130 cm³/mol. The van der Waals surface area contributed by atoms with Crippen LogP contribution in [-0.2, 0) is 6.54 Å². The monoisotopic (exact) mass is 447 g/mol. The maximum atomic E-state index is 6.16. The molecule has 5 rings (SSSR count). The molecule has 4 aromatic rings. The Hall–Kier alpha value is -2.93. The van der Waals surface area contributed by atoms with E-state index in [2.05, 4.69) is 35.3 Å². The third-order valence-electron chi connectivity index (χ3n) is 6.29. The fourth-order valence-electron chi connectivity index (χ4n) is 4.41. The van der Waals surface area contributed by atoms with Crippen molar-refractivity contribution in [1.29, 1.82) is 0 Å². The summed E-state index contributed by atoms with van der Waals surface area (Å²) in [4.78, 5) is 9.26. The Morgan fingerprint density at radius 1 is 1.16 bits per heavy atom. The van der Waals surface area contributed by atoms with Crippen LogP contribution in [0.1, 0.15) is 46.0 Å². The van der Waals surface area contributed by atoms with Gasteiger partial charge in [0.05, 0.1) is 22.1 Å². The molecule has 0 bridgehead atoms. The summed E-state index contributed by atoms with van der Waals surface area (Å²) in [6.45, 7) is 5.19. The minimum atomic E-state index is 0.457. The third kappa shape index (κ3) is 4.63. The van der Waals surface area contributed by atoms with Gasteiger partial charge in [0, 0.05) is 42.7 Å². The molecule has 1 aliphatic rings. The molecule has 1 unspecified atom stereocenters. The highest BCUT2D eigenvalue weighted by Crippen LogP contribution is 2.34. The van der Waals surface area contributed by atoms with Gasteiger partial charge in [0.2, 0.25) is 0 Å². The number of ether oxygens (including phenoxy) is 1. The van der Waals surface area contributed by atoms with Gasteiger partial charge < -0.3 is 10.1 Å². The summed E-state index contributed by atoms with van der Waals surface area (Å²) in [5, 5.41) is 8.98. The largest absolute Gasteiger partial charge is 0.457 e. The molecule has 0 saturated heterocycles. The molecule has 0 aliphatic heterocycles. The second-order valence-corrected chi connectivity index (χ2v) is 9.57. The fraction of sp³-hybridized carbons (Fsp3) is 0.400. The minimum absolute atomic E-state index is 0.457. The van der Waals surface area contributed by atoms with E-state index in [1.807, 2.05) is 41.3 Å². The van der Waals surface area contributed by atoms with Crippen LogP contribution in [0.5, 0.6) is 11.5 Å². The number of fused-ring (bicyclic) bond motifs is 1. The third-order valence-corrected chi connectivity index (χ3v) is 7.24. The SMILES string of the molecule is CCn1cc(-c2cc(Oc3ccc4nc(NC(C)C5CCCCC5)sc4c3)ccn2)cn1. The van der Waals surface area contributed by atoms with E-state index in [4.69, 9.17) is 9.72 Å². The van der Waals surface area contributed by atoms with Crippen LogP contribution < -0.4 is 10.1 Å². The Kier molecular flexibility index (Phi) is 6.08. The van der Waals surface area contributed by atoms with Crippen LogP contribution in [0.15, 0.2) is 48.9 Å². The van der Waals surface area contributed by atoms with Gasteiger partial charge in [-0.25, -0.2) is 4.98 Å². The molecule has 0 radical (unpaired) electrons. The Morgan fingerprint density at radius 2 is 2.00 bits per heavy atom. The second kappa shape index (κ2) is 9.28. The Morgan fingerprint density at radius 3 is 2.81 bits per heavy atom. The summed E-state index contributed by atoms with van der Waals surface area (Å²) in [6.07, 6.45) is 12.3. The number of thiazole rings is 1. The van der Waals surface area contributed by atoms with Crippen LogP contribution in [-0.4, -0.2) is 25.8 Å². The summed E-state index contributed by atoms with van der Waals surface area (Å²) in [5.41, 5.74) is 2.84. The van der Waals surface area contributed by atoms with Crippen molar-refractivity contribution in [2.45, 2.75) is 58.5 Å². The number of rotatable bonds is 7. The van der Waals surface area contributed by atoms with Gasteiger partial charge in [-0.2, -0.15) is 5.10 Å². The molecule has 1 N–H and O–H groups in total. The van der Waals surface area contributed by atoms with Crippen LogP contribution in [0.3, 0.4) is 0 Å². The topological polar surface area (TPSA) is 64.9 Å². The van der Waals surface area contributed by atoms with Gasteiger partial charge in [0.1, 0.15) is 11.5 Å². The zero-order chi connectivity index (χ0) is 21.9. The Bertz CT molecular complexity index is 1190. The van der Waals surface area contributed by atoms with Crippen LogP contribution >= 0.6 is 11.3 Å². The van der Waals surface area contributed by atoms with E-state index in [9.17, 15) is 0 Å².